The number of nitrogens with zero attached hydrogens (tertiary/aromatic N) is 4. The van der Waals surface area contributed by atoms with Crippen LogP contribution in [0.2, 0.25) is 0 Å². The van der Waals surface area contributed by atoms with Crippen LogP contribution >= 0.6 is 0 Å². The maximum Gasteiger partial charge on any atom is 0.329 e. The third-order valence-corrected chi connectivity index (χ3v) is 25.6. The van der Waals surface area contributed by atoms with Gasteiger partial charge in [0, 0.05) is 103 Å². The molecule has 0 aromatic heterocycles. The molecular weight excluding hydrogens is 1450 g/mol. The van der Waals surface area contributed by atoms with Crippen molar-refractivity contribution in [2.75, 3.05) is 28.4 Å². The van der Waals surface area contributed by atoms with Crippen molar-refractivity contribution in [1.29, 1.82) is 0 Å². The van der Waals surface area contributed by atoms with E-state index in [1.807, 2.05) is 0 Å². The fourth-order valence-corrected chi connectivity index (χ4v) is 17.7. The highest BCUT2D eigenvalue weighted by Crippen LogP contribution is 2.40. The molecule has 6 atom stereocenters. The van der Waals surface area contributed by atoms with Crippen molar-refractivity contribution < 1.29 is 53.2 Å². The number of hydrogen-bond donors (Lipinski definition) is 1. The molecule has 0 aromatic rings. The normalized spacial score (nSPS) is 27.9. The van der Waals surface area contributed by atoms with E-state index in [2.05, 4.69) is 114 Å². The standard InChI is InChI=1S/2C19H31NO2.2C15H25N.C13H20O3.C9H14O.C6H13N.C4H6O2.H2O/c2*1-22-18(21)12-15-19(13-8-3-2-4-9-14-19)16-20-17-10-6-5-7-11-17;2*1-2-5-9-14(10-6-3-1)13-16-15-11-7-4-8-12-15;1-16-12(15)7-10-13(11-14)8-5-3-2-4-6-9-13;10-8-9-6-4-2-1-3-5-7-9;7-6-4-2-1-3-5-6;1-3-4(5)6-2;/h2*2-3,16-17H,4-15H2,1H3;2*1-2,13-15H,3-12H2;2-3,11H,4-10H2,1H3;1-2,8-9H,3-7H2;6H,1-5,7H2;3H,1H2,2H3;1H2/p+1/b2*3-2-,20-16?;2*2-1-,16-13?;3-2-;2-1-;;;. The molecule has 0 bridgehead atoms. The first-order valence-corrected chi connectivity index (χ1v) is 46.9. The molecule has 0 saturated heterocycles. The topological polar surface area (TPSA) is 248 Å². The number of allylic oxidation sites excluding steroid dienone is 12. The molecule has 116 heavy (non-hydrogen) atoms. The highest BCUT2D eigenvalue weighted by Gasteiger charge is 2.33. The third-order valence-electron chi connectivity index (χ3n) is 25.6. The number of aldehydes is 2. The first-order chi connectivity index (χ1) is 56.2. The lowest BCUT2D eigenvalue weighted by atomic mass is 9.75. The summed E-state index contributed by atoms with van der Waals surface area (Å²) in [6.07, 6.45) is 112. The predicted octanol–water partition coefficient (Wildman–Crippen LogP) is 24.4. The number of rotatable bonds is 20. The Hall–Kier alpha value is -6.00. The molecule has 11 rings (SSSR count). The van der Waals surface area contributed by atoms with Crippen molar-refractivity contribution in [2.24, 2.45) is 59.7 Å². The van der Waals surface area contributed by atoms with Crippen LogP contribution in [0, 0.1) is 34.0 Å². The fraction of sp³-hybridized carbons (Fsp3) is 0.760. The Morgan fingerprint density at radius 2 is 0.621 bits per heavy atom. The summed E-state index contributed by atoms with van der Waals surface area (Å²) in [4.78, 5) is 85.3. The quantitative estimate of drug-likeness (QED) is 0.0228. The Bertz CT molecular complexity index is 2740. The van der Waals surface area contributed by atoms with Gasteiger partial charge in [0.1, 0.15) is 12.6 Å². The average Bonchev–Trinajstić information content (AvgIpc) is 0.792. The van der Waals surface area contributed by atoms with Crippen LogP contribution in [0.5, 0.6) is 0 Å². The van der Waals surface area contributed by atoms with E-state index in [1.165, 1.54) is 272 Å². The van der Waals surface area contributed by atoms with Crippen molar-refractivity contribution in [3.8, 4) is 0 Å². The van der Waals surface area contributed by atoms with E-state index in [-0.39, 0.29) is 39.6 Å². The van der Waals surface area contributed by atoms with E-state index in [1.54, 1.807) is 0 Å². The van der Waals surface area contributed by atoms with Gasteiger partial charge in [0.05, 0.1) is 28.4 Å². The first kappa shape index (κ1) is 104. The molecule has 16 heteroatoms. The Labute approximate surface area is 706 Å². The highest BCUT2D eigenvalue weighted by atomic mass is 16.5. The van der Waals surface area contributed by atoms with Crippen molar-refractivity contribution in [3.05, 3.63) is 85.6 Å². The van der Waals surface area contributed by atoms with Gasteiger partial charge in [-0.05, 0) is 288 Å². The highest BCUT2D eigenvalue weighted by molar-refractivity contribution is 5.81. The molecule has 11 aliphatic rings. The minimum atomic E-state index is -0.394. The van der Waals surface area contributed by atoms with Crippen molar-refractivity contribution in [2.45, 2.75) is 422 Å². The molecular formula is C100H168N5O11+. The zero-order valence-electron chi connectivity index (χ0n) is 74.0. The number of esters is 4. The second-order valence-electron chi connectivity index (χ2n) is 34.9. The van der Waals surface area contributed by atoms with Crippen LogP contribution in [-0.4, -0.2) is 120 Å². The Balaban J connectivity index is 0.000000352. The number of carbonyl (C=O) groups excluding carboxylic acids is 6. The minimum Gasteiger partial charge on any atom is -0.469 e. The molecule has 658 valence electrons. The van der Waals surface area contributed by atoms with Crippen LogP contribution in [0.3, 0.4) is 0 Å². The molecule has 0 radical (unpaired) electrons. The fourth-order valence-electron chi connectivity index (χ4n) is 17.7. The molecule has 5 N–H and O–H groups in total. The number of nitrogens with two attached hydrogens (primary N) is 1. The summed E-state index contributed by atoms with van der Waals surface area (Å²) in [5, 5.41) is 0. The maximum absolute atomic E-state index is 11.6. The number of ether oxygens (including phenoxy) is 4. The third kappa shape index (κ3) is 51.5. The van der Waals surface area contributed by atoms with Crippen molar-refractivity contribution in [1.82, 2.24) is 0 Å². The van der Waals surface area contributed by atoms with Crippen LogP contribution in [0.4, 0.5) is 0 Å². The summed E-state index contributed by atoms with van der Waals surface area (Å²) in [6.45, 7) is 3.16. The first-order valence-electron chi connectivity index (χ1n) is 46.9. The monoisotopic (exact) mass is 1620 g/mol. The molecule has 5 saturated carbocycles. The van der Waals surface area contributed by atoms with Gasteiger partial charge in [-0.3, -0.25) is 34.4 Å². The lowest BCUT2D eigenvalue weighted by Crippen LogP contribution is -2.26. The van der Waals surface area contributed by atoms with E-state index in [9.17, 15) is 28.8 Å². The van der Waals surface area contributed by atoms with E-state index in [0.29, 0.717) is 61.8 Å². The summed E-state index contributed by atoms with van der Waals surface area (Å²) < 4.78 is 18.4. The van der Waals surface area contributed by atoms with Gasteiger partial charge in [-0.2, -0.15) is 0 Å². The summed E-state index contributed by atoms with van der Waals surface area (Å²) in [5.41, 5.74) is 5.52. The van der Waals surface area contributed by atoms with Crippen LogP contribution in [-0.2, 0) is 53.2 Å². The van der Waals surface area contributed by atoms with Crippen LogP contribution in [0.25, 0.3) is 0 Å². The zero-order chi connectivity index (χ0) is 82.7. The summed E-state index contributed by atoms with van der Waals surface area (Å²) >= 11 is 0. The molecule has 0 heterocycles. The van der Waals surface area contributed by atoms with Gasteiger partial charge in [-0.1, -0.05) is 176 Å². The summed E-state index contributed by atoms with van der Waals surface area (Å²) in [5.74, 6) is 1.05. The van der Waals surface area contributed by atoms with Crippen LogP contribution in [0.15, 0.2) is 106 Å². The molecule has 0 aliphatic heterocycles. The van der Waals surface area contributed by atoms with E-state index in [4.69, 9.17) is 35.2 Å². The van der Waals surface area contributed by atoms with Crippen LogP contribution in [0.1, 0.15) is 392 Å². The van der Waals surface area contributed by atoms with Gasteiger partial charge in [0.15, 0.2) is 0 Å². The zero-order valence-corrected chi connectivity index (χ0v) is 74.0. The van der Waals surface area contributed by atoms with Crippen molar-refractivity contribution >= 4 is 61.3 Å². The number of methoxy groups -OCH3 is 4. The molecule has 11 aliphatic carbocycles. The lowest BCUT2D eigenvalue weighted by molar-refractivity contribution is -0.142. The van der Waals surface area contributed by atoms with Crippen molar-refractivity contribution in [3.63, 3.8) is 0 Å². The van der Waals surface area contributed by atoms with Gasteiger partial charge in [0.2, 0.25) is 0 Å². The van der Waals surface area contributed by atoms with Gasteiger partial charge in [-0.15, -0.1) is 0 Å². The molecule has 0 amide bonds. The number of carbonyl (C=O) groups is 6. The lowest BCUT2D eigenvalue weighted by Gasteiger charge is -2.31. The van der Waals surface area contributed by atoms with E-state index in [0.717, 1.165) is 152 Å². The van der Waals surface area contributed by atoms with Gasteiger partial charge >= 0.3 is 23.9 Å². The molecule has 5 fully saturated rings. The molecule has 0 aromatic carbocycles. The minimum absolute atomic E-state index is 0. The number of hydrogen-bond acceptors (Lipinski definition) is 15. The second kappa shape index (κ2) is 68.7. The van der Waals surface area contributed by atoms with E-state index >= 15 is 0 Å². The Morgan fingerprint density at radius 3 is 0.922 bits per heavy atom. The largest absolute Gasteiger partial charge is 0.469 e. The molecule has 0 spiro atoms. The Morgan fingerprint density at radius 1 is 0.336 bits per heavy atom. The molecule has 6 unspecified atom stereocenters. The predicted molar refractivity (Wildman–Crippen MR) is 487 cm³/mol. The van der Waals surface area contributed by atoms with Gasteiger partial charge in [-0.25, -0.2) is 4.79 Å². The van der Waals surface area contributed by atoms with Gasteiger partial charge in [0.25, 0.3) is 0 Å². The molecule has 16 nitrogen and oxygen atoms in total. The Kier molecular flexibility index (Phi) is 61.7. The number of aliphatic imine (C=N–C) groups is 4. The van der Waals surface area contributed by atoms with E-state index < -0.39 is 5.97 Å². The smallest absolute Gasteiger partial charge is 0.329 e. The average molecular weight is 1620 g/mol. The SMILES string of the molecule is C(=NC1CCCCC1)C1CC/C=C\CCC1.C(=NC1CCCCC1)C1CC/C=C\CCC1.C=CC(=O)OC.COC(=O)CCC1(C=NC2CCCCC2)CC/C=C\CCC1.COC(=O)CCC1(C=NC2CCCCC2)CC/C=C\CCC1.COC(=O)CCC1(C=O)CC/C=C\CCC1.NC1CCCCC1.O=CC1CC/C=C\CCC1.[OH3+]. The maximum atomic E-state index is 11.6. The summed E-state index contributed by atoms with van der Waals surface area (Å²) in [7, 11) is 5.65. The second-order valence-corrected chi connectivity index (χ2v) is 34.9. The van der Waals surface area contributed by atoms with Crippen LogP contribution < -0.4 is 5.73 Å². The summed E-state index contributed by atoms with van der Waals surface area (Å²) in [6, 6.07) is 2.90. The van der Waals surface area contributed by atoms with Gasteiger partial charge < -0.3 is 39.7 Å².